The fourth-order valence-corrected chi connectivity index (χ4v) is 12.4. The maximum atomic E-state index is 13.1. The largest absolute Gasteiger partial charge is 0.700 e. The summed E-state index contributed by atoms with van der Waals surface area (Å²) in [6.07, 6.45) is 3.19. The summed E-state index contributed by atoms with van der Waals surface area (Å²) in [6.45, 7) is -0.571. The number of amides is 2. The predicted octanol–water partition coefficient (Wildman–Crippen LogP) is 6.63. The predicted molar refractivity (Wildman–Crippen MR) is 261 cm³/mol. The Kier molecular flexibility index (Phi) is 14.7. The number of fused-ring (bicyclic) bond motifs is 4. The van der Waals surface area contributed by atoms with E-state index >= 15 is 0 Å². The third-order valence-corrected chi connectivity index (χ3v) is 16.9. The number of phenols is 2. The lowest BCUT2D eigenvalue weighted by molar-refractivity contribution is -0.118. The first-order chi connectivity index (χ1) is 32.5. The van der Waals surface area contributed by atoms with E-state index in [-0.39, 0.29) is 44.8 Å². The molecule has 2 amide bonds. The highest BCUT2D eigenvalue weighted by Gasteiger charge is 2.26. The normalized spacial score (nSPS) is 12.2. The number of aromatic nitrogens is 2. The van der Waals surface area contributed by atoms with Crippen LogP contribution < -0.4 is 20.1 Å². The van der Waals surface area contributed by atoms with Gasteiger partial charge in [-0.1, -0.05) is 24.3 Å². The van der Waals surface area contributed by atoms with Crippen LogP contribution >= 0.6 is 30.9 Å². The Hall–Kier alpha value is -6.08. The summed E-state index contributed by atoms with van der Waals surface area (Å²) < 4.78 is 80.2. The summed E-state index contributed by atoms with van der Waals surface area (Å²) in [5, 5.41) is 28.6. The zero-order valence-electron chi connectivity index (χ0n) is 36.1. The molecule has 0 spiro atoms. The Bertz CT molecular complexity index is 3240. The Labute approximate surface area is 398 Å². The topological polar surface area (TPSA) is 259 Å². The maximum absolute atomic E-state index is 13.1. The van der Waals surface area contributed by atoms with E-state index in [0.29, 0.717) is 55.7 Å². The molecular weight excluding hydrogens is 976 g/mol. The zero-order valence-corrected chi connectivity index (χ0v) is 40.2. The van der Waals surface area contributed by atoms with Gasteiger partial charge in [0.2, 0.25) is 11.8 Å². The Morgan fingerprint density at radius 1 is 0.632 bits per heavy atom. The zero-order chi connectivity index (χ0) is 48.2. The summed E-state index contributed by atoms with van der Waals surface area (Å²) in [6, 6.07) is 26.8. The van der Waals surface area contributed by atoms with Gasteiger partial charge in [0.1, 0.15) is 31.0 Å². The number of rotatable bonds is 20. The Balaban J connectivity index is 0.771. The van der Waals surface area contributed by atoms with Crippen molar-refractivity contribution >= 4 is 116 Å². The molecule has 4 heterocycles. The second-order valence-electron chi connectivity index (χ2n) is 15.4. The molecule has 4 aromatic heterocycles. The van der Waals surface area contributed by atoms with Crippen molar-refractivity contribution in [2.75, 3.05) is 51.3 Å². The molecule has 24 heteroatoms. The highest BCUT2D eigenvalue weighted by atomic mass is 32.3. The molecule has 0 aliphatic heterocycles. The number of carbonyl (C=O) groups is 2. The van der Waals surface area contributed by atoms with E-state index in [1.807, 2.05) is 21.9 Å². The van der Waals surface area contributed by atoms with Crippen molar-refractivity contribution in [1.29, 1.82) is 0 Å². The molecule has 0 fully saturated rings. The van der Waals surface area contributed by atoms with E-state index in [9.17, 15) is 41.2 Å². The van der Waals surface area contributed by atoms with Crippen LogP contribution in [0.25, 0.3) is 42.0 Å². The van der Waals surface area contributed by atoms with Gasteiger partial charge in [-0.25, -0.2) is 16.8 Å². The van der Waals surface area contributed by atoms with Gasteiger partial charge in [0.15, 0.2) is 13.5 Å². The van der Waals surface area contributed by atoms with E-state index in [0.717, 1.165) is 44.6 Å². The number of sulfonamides is 2. The van der Waals surface area contributed by atoms with Crippen molar-refractivity contribution in [2.45, 2.75) is 21.5 Å². The van der Waals surface area contributed by atoms with Crippen molar-refractivity contribution in [3.63, 3.8) is 0 Å². The van der Waals surface area contributed by atoms with E-state index < -0.39 is 41.8 Å². The molecule has 0 atom stereocenters. The number of hydrogen-bond donors (Lipinski definition) is 6. The SMILES string of the molecule is CN(CC(=O)Nc1ccc2sc(S(=O)(=O)NCO[P+](=O)OCNS(=O)(=O)c3cc4cc(NC(=O)CN(C)Cc5ccc(O)c6ncccc56)ccc4s3)cc2c1)Cc1ccc(O)c2ncccc12. The van der Waals surface area contributed by atoms with Crippen molar-refractivity contribution in [1.82, 2.24) is 29.2 Å². The molecule has 8 aromatic rings. The molecule has 19 nitrogen and oxygen atoms in total. The van der Waals surface area contributed by atoms with Gasteiger partial charge in [0.05, 0.1) is 13.1 Å². The van der Waals surface area contributed by atoms with Crippen molar-refractivity contribution < 1.29 is 50.3 Å². The van der Waals surface area contributed by atoms with Gasteiger partial charge in [0.25, 0.3) is 20.0 Å². The minimum absolute atomic E-state index is 0.0460. The standard InChI is InChI=1S/C44H41N8O11PS4/c1-51(21-27-7-11-35(53)43-33(27)5-3-15-45-43)23-39(55)49-31-9-13-37-29(17-31)19-41(65-37)67(58,59)47-25-62-64(57)63-26-48-68(60,61)42-20-30-18-32(10-14-38(30)66-42)50-40(56)24-52(2)22-28-8-12-36(54)44-34(28)6-4-16-46-44/h3-20,47-48H,21-26H2,1-2H3,(H3-,49,50,53,54,55,56)/p+1. The van der Waals surface area contributed by atoms with Gasteiger partial charge in [0, 0.05) is 61.6 Å². The van der Waals surface area contributed by atoms with Gasteiger partial charge in [-0.05, 0) is 109 Å². The summed E-state index contributed by atoms with van der Waals surface area (Å²) in [7, 11) is -7.68. The fraction of sp³-hybridized carbons (Fsp3) is 0.182. The number of carbonyl (C=O) groups excluding carboxylic acids is 2. The summed E-state index contributed by atoms with van der Waals surface area (Å²) in [4.78, 5) is 38.0. The van der Waals surface area contributed by atoms with Crippen LogP contribution in [0.3, 0.4) is 0 Å². The number of hydrogen-bond acceptors (Lipinski definition) is 17. The molecule has 352 valence electrons. The molecule has 0 saturated heterocycles. The first kappa shape index (κ1) is 48.4. The smallest absolute Gasteiger partial charge is 0.506 e. The average Bonchev–Trinajstić information content (AvgIpc) is 3.94. The number of pyridine rings is 2. The molecule has 0 unspecified atom stereocenters. The lowest BCUT2D eigenvalue weighted by Crippen LogP contribution is -2.29. The average molecular weight is 1020 g/mol. The number of aromatic hydroxyl groups is 2. The highest BCUT2D eigenvalue weighted by Crippen LogP contribution is 2.34. The number of likely N-dealkylation sites (N-methyl/N-ethyl adjacent to an activating group) is 2. The maximum Gasteiger partial charge on any atom is 0.700 e. The van der Waals surface area contributed by atoms with Crippen LogP contribution in [-0.2, 0) is 56.3 Å². The first-order valence-electron chi connectivity index (χ1n) is 20.4. The number of thiophene rings is 2. The van der Waals surface area contributed by atoms with Crippen LogP contribution in [-0.4, -0.2) is 99.3 Å². The summed E-state index contributed by atoms with van der Waals surface area (Å²) in [5.41, 5.74) is 3.64. The van der Waals surface area contributed by atoms with E-state index in [1.54, 1.807) is 99.3 Å². The molecule has 8 rings (SSSR count). The summed E-state index contributed by atoms with van der Waals surface area (Å²) in [5.74, 6) is -0.452. The second kappa shape index (κ2) is 20.6. The van der Waals surface area contributed by atoms with Gasteiger partial charge >= 0.3 is 8.25 Å². The molecule has 0 bridgehead atoms. The van der Waals surface area contributed by atoms with Crippen LogP contribution in [0.15, 0.2) is 118 Å². The van der Waals surface area contributed by atoms with Crippen LogP contribution in [0.2, 0.25) is 0 Å². The fourth-order valence-electron chi connectivity index (χ4n) is 7.25. The number of nitrogens with one attached hydrogen (secondary N) is 4. The molecule has 4 aromatic carbocycles. The molecule has 0 saturated carbocycles. The lowest BCUT2D eigenvalue weighted by atomic mass is 10.1. The Morgan fingerprint density at radius 2 is 1.06 bits per heavy atom. The van der Waals surface area contributed by atoms with E-state index in [2.05, 4.69) is 30.0 Å². The molecule has 0 aliphatic carbocycles. The van der Waals surface area contributed by atoms with Crippen LogP contribution in [0.5, 0.6) is 11.5 Å². The molecular formula is C44H42N8O11PS4+. The minimum Gasteiger partial charge on any atom is -0.506 e. The van der Waals surface area contributed by atoms with Crippen LogP contribution in [0.1, 0.15) is 11.1 Å². The number of nitrogens with zero attached hydrogens (tertiary/aromatic N) is 4. The van der Waals surface area contributed by atoms with Crippen molar-refractivity contribution in [2.24, 2.45) is 0 Å². The third-order valence-electron chi connectivity index (χ3n) is 10.3. The molecule has 6 N–H and O–H groups in total. The quantitative estimate of drug-likeness (QED) is 0.0346. The van der Waals surface area contributed by atoms with Gasteiger partial charge < -0.3 is 20.8 Å². The highest BCUT2D eigenvalue weighted by molar-refractivity contribution is 7.92. The van der Waals surface area contributed by atoms with Crippen molar-refractivity contribution in [3.05, 3.63) is 121 Å². The van der Waals surface area contributed by atoms with E-state index in [1.165, 1.54) is 12.1 Å². The molecule has 0 radical (unpaired) electrons. The first-order valence-corrected chi connectivity index (χ1v) is 26.1. The van der Waals surface area contributed by atoms with Gasteiger partial charge in [-0.2, -0.15) is 9.44 Å². The third kappa shape index (κ3) is 11.6. The second-order valence-corrected chi connectivity index (χ2v) is 22.5. The number of benzene rings is 4. The minimum atomic E-state index is -4.14. The monoisotopic (exact) mass is 1020 g/mol. The number of phenolic OH excluding ortho intramolecular Hbond substituents is 2. The Morgan fingerprint density at radius 3 is 1.49 bits per heavy atom. The van der Waals surface area contributed by atoms with E-state index in [4.69, 9.17) is 9.05 Å². The van der Waals surface area contributed by atoms with Crippen molar-refractivity contribution in [3.8, 4) is 11.5 Å². The summed E-state index contributed by atoms with van der Waals surface area (Å²) >= 11 is 1.94. The van der Waals surface area contributed by atoms with Gasteiger partial charge in [-0.3, -0.25) is 29.4 Å². The van der Waals surface area contributed by atoms with Crippen LogP contribution in [0.4, 0.5) is 11.4 Å². The molecule has 68 heavy (non-hydrogen) atoms. The molecule has 0 aliphatic rings. The number of anilines is 2. The van der Waals surface area contributed by atoms with Gasteiger partial charge in [-0.15, -0.1) is 31.7 Å². The van der Waals surface area contributed by atoms with Crippen LogP contribution in [0, 0.1) is 0 Å². The lowest BCUT2D eigenvalue weighted by Gasteiger charge is -2.18.